The van der Waals surface area contributed by atoms with Crippen molar-refractivity contribution in [2.24, 2.45) is 0 Å². The number of aryl methyl sites for hydroxylation is 1. The molecular weight excluding hydrogens is 407 g/mol. The highest BCUT2D eigenvalue weighted by atomic mass is 32.2. The summed E-state index contributed by atoms with van der Waals surface area (Å²) in [5.74, 6) is 0.0804. The monoisotopic (exact) mass is 424 g/mol. The van der Waals surface area contributed by atoms with Gasteiger partial charge in [-0.25, -0.2) is 4.39 Å². The summed E-state index contributed by atoms with van der Waals surface area (Å²) in [6.07, 6.45) is 1.98. The SMILES string of the molecule is O=C(CSc1nnc2scc(-c3ccc(F)cc3)n12)N1CCCc2ccccc21. The van der Waals surface area contributed by atoms with Gasteiger partial charge in [0, 0.05) is 17.6 Å². The minimum atomic E-state index is -0.272. The highest BCUT2D eigenvalue weighted by Gasteiger charge is 2.23. The standard InChI is InChI=1S/C21H17FN4OS2/c22-16-9-7-15(8-10-16)18-12-28-20-23-24-21(26(18)20)29-13-19(27)25-11-3-5-14-4-1-2-6-17(14)25/h1-2,4,6-10,12H,3,5,11,13H2. The van der Waals surface area contributed by atoms with Gasteiger partial charge in [-0.1, -0.05) is 30.0 Å². The zero-order valence-corrected chi connectivity index (χ0v) is 17.0. The number of para-hydroxylation sites is 1. The number of anilines is 1. The fraction of sp³-hybridized carbons (Fsp3) is 0.190. The number of carbonyl (C=O) groups is 1. The van der Waals surface area contributed by atoms with Gasteiger partial charge in [0.1, 0.15) is 5.82 Å². The third-order valence-corrected chi connectivity index (χ3v) is 6.73. The van der Waals surface area contributed by atoms with Gasteiger partial charge in [-0.3, -0.25) is 9.20 Å². The van der Waals surface area contributed by atoms with E-state index < -0.39 is 0 Å². The molecule has 5 nitrogen and oxygen atoms in total. The van der Waals surface area contributed by atoms with Gasteiger partial charge in [-0.15, -0.1) is 21.5 Å². The molecule has 29 heavy (non-hydrogen) atoms. The molecule has 0 saturated carbocycles. The first-order valence-corrected chi connectivity index (χ1v) is 11.2. The molecule has 0 atom stereocenters. The van der Waals surface area contributed by atoms with E-state index in [0.29, 0.717) is 5.16 Å². The van der Waals surface area contributed by atoms with Crippen LogP contribution in [0.4, 0.5) is 10.1 Å². The molecule has 0 radical (unpaired) electrons. The predicted octanol–water partition coefficient (Wildman–Crippen LogP) is 4.67. The van der Waals surface area contributed by atoms with Gasteiger partial charge in [0.05, 0.1) is 11.4 Å². The highest BCUT2D eigenvalue weighted by Crippen LogP contribution is 2.31. The number of benzene rings is 2. The molecule has 5 rings (SSSR count). The minimum Gasteiger partial charge on any atom is -0.311 e. The molecule has 4 aromatic rings. The largest absolute Gasteiger partial charge is 0.311 e. The number of hydrogen-bond donors (Lipinski definition) is 0. The number of rotatable bonds is 4. The van der Waals surface area contributed by atoms with E-state index in [9.17, 15) is 9.18 Å². The van der Waals surface area contributed by atoms with E-state index in [2.05, 4.69) is 16.3 Å². The molecule has 0 bridgehead atoms. The fourth-order valence-corrected chi connectivity index (χ4v) is 5.32. The smallest absolute Gasteiger partial charge is 0.237 e. The van der Waals surface area contributed by atoms with Gasteiger partial charge < -0.3 is 4.90 Å². The molecule has 0 saturated heterocycles. The number of carbonyl (C=O) groups excluding carboxylic acids is 1. The van der Waals surface area contributed by atoms with E-state index in [4.69, 9.17) is 0 Å². The molecule has 0 unspecified atom stereocenters. The van der Waals surface area contributed by atoms with Crippen molar-refractivity contribution >= 4 is 39.7 Å². The maximum atomic E-state index is 13.3. The van der Waals surface area contributed by atoms with Crippen LogP contribution in [0.15, 0.2) is 59.1 Å². The maximum Gasteiger partial charge on any atom is 0.237 e. The van der Waals surface area contributed by atoms with Crippen LogP contribution in [0.5, 0.6) is 0 Å². The summed E-state index contributed by atoms with van der Waals surface area (Å²) >= 11 is 2.85. The Labute approximate surface area is 175 Å². The van der Waals surface area contributed by atoms with Gasteiger partial charge in [-0.2, -0.15) is 0 Å². The fourth-order valence-electron chi connectivity index (χ4n) is 3.61. The van der Waals surface area contributed by atoms with Crippen molar-refractivity contribution in [3.05, 3.63) is 65.3 Å². The zero-order valence-electron chi connectivity index (χ0n) is 15.4. The zero-order chi connectivity index (χ0) is 19.8. The quantitative estimate of drug-likeness (QED) is 0.447. The molecule has 0 fully saturated rings. The first-order chi connectivity index (χ1) is 14.2. The molecule has 3 heterocycles. The van der Waals surface area contributed by atoms with Crippen molar-refractivity contribution in [1.29, 1.82) is 0 Å². The Morgan fingerprint density at radius 2 is 1.97 bits per heavy atom. The maximum absolute atomic E-state index is 13.3. The number of halogens is 1. The topological polar surface area (TPSA) is 50.5 Å². The van der Waals surface area contributed by atoms with Crippen LogP contribution in [0.25, 0.3) is 16.2 Å². The number of fused-ring (bicyclic) bond motifs is 2. The lowest BCUT2D eigenvalue weighted by molar-refractivity contribution is -0.116. The van der Waals surface area contributed by atoms with Crippen molar-refractivity contribution in [2.75, 3.05) is 17.2 Å². The summed E-state index contributed by atoms with van der Waals surface area (Å²) < 4.78 is 15.2. The van der Waals surface area contributed by atoms with Gasteiger partial charge in [0.25, 0.3) is 0 Å². The Hall–Kier alpha value is -2.71. The number of thiazole rings is 1. The lowest BCUT2D eigenvalue weighted by atomic mass is 10.0. The van der Waals surface area contributed by atoms with Crippen LogP contribution in [0, 0.1) is 5.82 Å². The van der Waals surface area contributed by atoms with Crippen LogP contribution < -0.4 is 4.90 Å². The van der Waals surface area contributed by atoms with Crippen LogP contribution in [0.2, 0.25) is 0 Å². The Bertz CT molecular complexity index is 1190. The van der Waals surface area contributed by atoms with E-state index >= 15 is 0 Å². The molecular formula is C21H17FN4OS2. The lowest BCUT2D eigenvalue weighted by Crippen LogP contribution is -2.36. The number of nitrogens with zero attached hydrogens (tertiary/aromatic N) is 4. The average Bonchev–Trinajstić information content (AvgIpc) is 3.35. The molecule has 146 valence electrons. The lowest BCUT2D eigenvalue weighted by Gasteiger charge is -2.29. The van der Waals surface area contributed by atoms with Crippen molar-refractivity contribution in [3.8, 4) is 11.3 Å². The average molecular weight is 425 g/mol. The molecule has 0 spiro atoms. The molecule has 0 aliphatic carbocycles. The third-order valence-electron chi connectivity index (χ3n) is 5.00. The summed E-state index contributed by atoms with van der Waals surface area (Å²) in [6.45, 7) is 0.741. The van der Waals surface area contributed by atoms with Crippen LogP contribution in [0.3, 0.4) is 0 Å². The Morgan fingerprint density at radius 1 is 1.14 bits per heavy atom. The molecule has 1 aliphatic heterocycles. The van der Waals surface area contributed by atoms with E-state index in [1.165, 1.54) is 40.8 Å². The Kier molecular flexibility index (Phi) is 4.81. The first-order valence-electron chi connectivity index (χ1n) is 9.30. The molecule has 1 amide bonds. The highest BCUT2D eigenvalue weighted by molar-refractivity contribution is 7.99. The minimum absolute atomic E-state index is 0.0671. The third kappa shape index (κ3) is 3.42. The first kappa shape index (κ1) is 18.3. The Balaban J connectivity index is 1.38. The molecule has 2 aromatic heterocycles. The van der Waals surface area contributed by atoms with Crippen molar-refractivity contribution in [3.63, 3.8) is 0 Å². The van der Waals surface area contributed by atoms with Crippen molar-refractivity contribution in [1.82, 2.24) is 14.6 Å². The Morgan fingerprint density at radius 3 is 2.83 bits per heavy atom. The number of amides is 1. The second-order valence-corrected chi connectivity index (χ2v) is 8.57. The molecule has 2 aromatic carbocycles. The van der Waals surface area contributed by atoms with E-state index in [0.717, 1.165) is 41.3 Å². The van der Waals surface area contributed by atoms with Crippen LogP contribution in [-0.2, 0) is 11.2 Å². The molecule has 0 N–H and O–H groups in total. The summed E-state index contributed by atoms with van der Waals surface area (Å²) in [4.78, 5) is 15.6. The normalized spacial score (nSPS) is 13.6. The van der Waals surface area contributed by atoms with Gasteiger partial charge in [0.15, 0.2) is 5.16 Å². The van der Waals surface area contributed by atoms with Gasteiger partial charge in [-0.05, 0) is 54.3 Å². The predicted molar refractivity (Wildman–Crippen MR) is 114 cm³/mol. The van der Waals surface area contributed by atoms with E-state index in [1.807, 2.05) is 32.9 Å². The number of hydrogen-bond acceptors (Lipinski definition) is 5. The van der Waals surface area contributed by atoms with Crippen LogP contribution in [-0.4, -0.2) is 32.8 Å². The summed E-state index contributed by atoms with van der Waals surface area (Å²) in [6, 6.07) is 14.4. The second-order valence-electron chi connectivity index (χ2n) is 6.79. The molecule has 8 heteroatoms. The van der Waals surface area contributed by atoms with Gasteiger partial charge >= 0.3 is 0 Å². The van der Waals surface area contributed by atoms with Crippen molar-refractivity contribution < 1.29 is 9.18 Å². The summed E-state index contributed by atoms with van der Waals surface area (Å²) in [5.41, 5.74) is 4.01. The van der Waals surface area contributed by atoms with Crippen LogP contribution in [0.1, 0.15) is 12.0 Å². The van der Waals surface area contributed by atoms with Crippen LogP contribution >= 0.6 is 23.1 Å². The van der Waals surface area contributed by atoms with E-state index in [-0.39, 0.29) is 17.5 Å². The summed E-state index contributed by atoms with van der Waals surface area (Å²) in [5, 5.41) is 11.1. The summed E-state index contributed by atoms with van der Waals surface area (Å²) in [7, 11) is 0. The number of aromatic nitrogens is 3. The van der Waals surface area contributed by atoms with E-state index in [1.54, 1.807) is 12.1 Å². The molecule has 1 aliphatic rings. The number of thioether (sulfide) groups is 1. The second kappa shape index (κ2) is 7.61. The van der Waals surface area contributed by atoms with Gasteiger partial charge in [0.2, 0.25) is 10.9 Å². The van der Waals surface area contributed by atoms with Crippen molar-refractivity contribution in [2.45, 2.75) is 18.0 Å².